The molecule has 0 radical (unpaired) electrons. The molecule has 1 aromatic rings. The molecule has 2 N–H and O–H groups in total. The molecule has 0 saturated heterocycles. The first kappa shape index (κ1) is 8.94. The van der Waals surface area contributed by atoms with Crippen molar-refractivity contribution in [3.05, 3.63) is 23.8 Å². The fraction of sp³-hybridized carbons (Fsp3) is 0. The molecule has 0 bridgehead atoms. The summed E-state index contributed by atoms with van der Waals surface area (Å²) in [4.78, 5) is 10.5. The Morgan fingerprint density at radius 2 is 2.17 bits per heavy atom. The quantitative estimate of drug-likeness (QED) is 0.650. The van der Waals surface area contributed by atoms with Crippen LogP contribution in [0.1, 0.15) is 10.4 Å². The van der Waals surface area contributed by atoms with Gasteiger partial charge in [0.25, 0.3) is 6.69 Å². The molecule has 62 valence electrons. The van der Waals surface area contributed by atoms with Crippen LogP contribution in [-0.2, 0) is 0 Å². The average Bonchev–Trinajstić information content (AvgIpc) is 2.05. The van der Waals surface area contributed by atoms with Crippen LogP contribution in [0.25, 0.3) is 0 Å². The minimum Gasteiger partial charge on any atom is -0.507 e. The zero-order valence-electron chi connectivity index (χ0n) is 6.12. The van der Waals surface area contributed by atoms with Gasteiger partial charge in [-0.3, -0.25) is 0 Å². The standard InChI is InChI=1S/C7H6BClO3/c9-8-4-1-2-6(10)5(3-4)7(11)12/h1-3,8,10H,(H,11,12). The molecule has 0 amide bonds. The molecule has 0 aliphatic rings. The van der Waals surface area contributed by atoms with Crippen LogP contribution >= 0.6 is 11.5 Å². The number of halogens is 1. The molecule has 0 atom stereocenters. The maximum atomic E-state index is 10.5. The maximum Gasteiger partial charge on any atom is 0.339 e. The van der Waals surface area contributed by atoms with Crippen LogP contribution in [-0.4, -0.2) is 22.9 Å². The summed E-state index contributed by atoms with van der Waals surface area (Å²) < 4.78 is 0. The van der Waals surface area contributed by atoms with E-state index >= 15 is 0 Å². The lowest BCUT2D eigenvalue weighted by Crippen LogP contribution is -2.11. The normalized spacial score (nSPS) is 9.42. The van der Waals surface area contributed by atoms with Crippen LogP contribution in [0.4, 0.5) is 0 Å². The Morgan fingerprint density at radius 3 is 2.67 bits per heavy atom. The Bertz CT molecular complexity index is 314. The van der Waals surface area contributed by atoms with Crippen LogP contribution in [0.2, 0.25) is 0 Å². The number of rotatable bonds is 2. The third-order valence-electron chi connectivity index (χ3n) is 1.45. The van der Waals surface area contributed by atoms with E-state index in [-0.39, 0.29) is 18.0 Å². The number of hydrogen-bond acceptors (Lipinski definition) is 2. The van der Waals surface area contributed by atoms with Crippen molar-refractivity contribution in [3.8, 4) is 5.75 Å². The summed E-state index contributed by atoms with van der Waals surface area (Å²) in [6, 6.07) is 4.25. The zero-order valence-corrected chi connectivity index (χ0v) is 6.88. The number of carboxylic acid groups (broad SMARTS) is 1. The second-order valence-corrected chi connectivity index (χ2v) is 2.56. The fourth-order valence-electron chi connectivity index (χ4n) is 0.838. The van der Waals surface area contributed by atoms with Crippen molar-refractivity contribution in [2.24, 2.45) is 0 Å². The van der Waals surface area contributed by atoms with Gasteiger partial charge in [0.05, 0.1) is 0 Å². The lowest BCUT2D eigenvalue weighted by Gasteiger charge is -2.00. The number of carbonyl (C=O) groups is 1. The van der Waals surface area contributed by atoms with Crippen LogP contribution in [0.3, 0.4) is 0 Å². The van der Waals surface area contributed by atoms with Crippen LogP contribution in [0.5, 0.6) is 5.75 Å². The summed E-state index contributed by atoms with van der Waals surface area (Å²) in [6.45, 7) is 0.237. The highest BCUT2D eigenvalue weighted by molar-refractivity contribution is 7.01. The van der Waals surface area contributed by atoms with E-state index in [4.69, 9.17) is 21.7 Å². The van der Waals surface area contributed by atoms with Gasteiger partial charge < -0.3 is 10.2 Å². The molecule has 0 heterocycles. The Hall–Kier alpha value is -1.16. The topological polar surface area (TPSA) is 57.5 Å². The van der Waals surface area contributed by atoms with Gasteiger partial charge in [-0.15, -0.1) is 0 Å². The van der Waals surface area contributed by atoms with E-state index < -0.39 is 5.97 Å². The van der Waals surface area contributed by atoms with Crippen molar-refractivity contribution in [1.29, 1.82) is 0 Å². The molecule has 0 aliphatic carbocycles. The third kappa shape index (κ3) is 1.71. The number of phenols is 1. The lowest BCUT2D eigenvalue weighted by atomic mass is 9.92. The summed E-state index contributed by atoms with van der Waals surface area (Å²) in [5.74, 6) is -1.39. The van der Waals surface area contributed by atoms with Crippen molar-refractivity contribution < 1.29 is 15.0 Å². The van der Waals surface area contributed by atoms with E-state index in [0.717, 1.165) is 0 Å². The summed E-state index contributed by atoms with van der Waals surface area (Å²) in [5, 5.41) is 17.7. The summed E-state index contributed by atoms with van der Waals surface area (Å²) in [5.41, 5.74) is 0.556. The predicted octanol–water partition coefficient (Wildman–Crippen LogP) is 0.306. The van der Waals surface area contributed by atoms with E-state index in [1.54, 1.807) is 6.07 Å². The second-order valence-electron chi connectivity index (χ2n) is 2.29. The van der Waals surface area contributed by atoms with Gasteiger partial charge in [0.15, 0.2) is 0 Å². The number of benzene rings is 1. The smallest absolute Gasteiger partial charge is 0.339 e. The monoisotopic (exact) mass is 184 g/mol. The van der Waals surface area contributed by atoms with E-state index in [1.165, 1.54) is 12.1 Å². The van der Waals surface area contributed by atoms with E-state index in [0.29, 0.717) is 5.46 Å². The Morgan fingerprint density at radius 1 is 1.50 bits per heavy atom. The van der Waals surface area contributed by atoms with E-state index in [9.17, 15) is 4.79 Å². The number of aromatic hydroxyl groups is 1. The van der Waals surface area contributed by atoms with Crippen molar-refractivity contribution in [1.82, 2.24) is 0 Å². The largest absolute Gasteiger partial charge is 0.507 e. The maximum absolute atomic E-state index is 10.5. The minimum atomic E-state index is -1.15. The molecule has 12 heavy (non-hydrogen) atoms. The van der Waals surface area contributed by atoms with Crippen LogP contribution in [0, 0.1) is 0 Å². The summed E-state index contributed by atoms with van der Waals surface area (Å²) >= 11 is 5.48. The van der Waals surface area contributed by atoms with Gasteiger partial charge in [-0.05, 0) is 12.1 Å². The zero-order chi connectivity index (χ0) is 9.14. The van der Waals surface area contributed by atoms with Gasteiger partial charge in [-0.25, -0.2) is 4.79 Å². The lowest BCUT2D eigenvalue weighted by molar-refractivity contribution is 0.0694. The van der Waals surface area contributed by atoms with Gasteiger partial charge in [0.1, 0.15) is 11.3 Å². The van der Waals surface area contributed by atoms with Crippen molar-refractivity contribution in [2.75, 3.05) is 0 Å². The first-order chi connectivity index (χ1) is 5.65. The molecule has 0 unspecified atom stereocenters. The first-order valence-electron chi connectivity index (χ1n) is 3.26. The van der Waals surface area contributed by atoms with Gasteiger partial charge in [-0.1, -0.05) is 11.5 Å². The van der Waals surface area contributed by atoms with Crippen LogP contribution < -0.4 is 5.46 Å². The second kappa shape index (κ2) is 3.49. The molecule has 0 aliphatic heterocycles. The van der Waals surface area contributed by atoms with Crippen molar-refractivity contribution in [3.63, 3.8) is 0 Å². The first-order valence-corrected chi connectivity index (χ1v) is 3.79. The highest BCUT2D eigenvalue weighted by atomic mass is 35.5. The molecular weight excluding hydrogens is 178 g/mol. The molecule has 0 spiro atoms. The Kier molecular flexibility index (Phi) is 2.60. The van der Waals surface area contributed by atoms with Crippen LogP contribution in [0.15, 0.2) is 18.2 Å². The van der Waals surface area contributed by atoms with E-state index in [1.807, 2.05) is 0 Å². The summed E-state index contributed by atoms with van der Waals surface area (Å²) in [7, 11) is 0. The van der Waals surface area contributed by atoms with Crippen molar-refractivity contribution >= 4 is 29.6 Å². The Balaban J connectivity index is 3.17. The van der Waals surface area contributed by atoms with Gasteiger partial charge >= 0.3 is 5.97 Å². The molecule has 0 aromatic heterocycles. The molecule has 3 nitrogen and oxygen atoms in total. The summed E-state index contributed by atoms with van der Waals surface area (Å²) in [6.07, 6.45) is 0. The molecule has 0 saturated carbocycles. The predicted molar refractivity (Wildman–Crippen MR) is 47.7 cm³/mol. The fourth-order valence-corrected chi connectivity index (χ4v) is 1.00. The highest BCUT2D eigenvalue weighted by Gasteiger charge is 2.09. The number of aromatic carboxylic acids is 1. The minimum absolute atomic E-state index is 0.117. The Labute approximate surface area is 74.8 Å². The van der Waals surface area contributed by atoms with E-state index in [2.05, 4.69) is 0 Å². The SMILES string of the molecule is O=C(O)c1cc(BCl)ccc1O. The molecule has 1 rings (SSSR count). The molecule has 1 aromatic carbocycles. The van der Waals surface area contributed by atoms with Gasteiger partial charge in [0.2, 0.25) is 0 Å². The van der Waals surface area contributed by atoms with Gasteiger partial charge in [0, 0.05) is 0 Å². The molecule has 0 fully saturated rings. The number of hydrogen-bond donors (Lipinski definition) is 2. The molecule has 5 heteroatoms. The van der Waals surface area contributed by atoms with Gasteiger partial charge in [-0.2, -0.15) is 11.5 Å². The third-order valence-corrected chi connectivity index (χ3v) is 1.75. The highest BCUT2D eigenvalue weighted by Crippen LogP contribution is 2.13. The number of carboxylic acids is 1. The molecular formula is C7H6BClO3. The van der Waals surface area contributed by atoms with Crippen molar-refractivity contribution in [2.45, 2.75) is 0 Å². The average molecular weight is 184 g/mol.